The van der Waals surface area contributed by atoms with Crippen molar-refractivity contribution in [2.75, 3.05) is 37.8 Å². The van der Waals surface area contributed by atoms with Crippen molar-refractivity contribution in [3.05, 3.63) is 29.4 Å². The minimum Gasteiger partial charge on any atom is -0.369 e. The Labute approximate surface area is 128 Å². The minimum atomic E-state index is -0.352. The molecule has 2 aromatic rings. The maximum Gasteiger partial charge on any atom is 0.275 e. The van der Waals surface area contributed by atoms with Gasteiger partial charge in [0.1, 0.15) is 23.1 Å². The average Bonchev–Trinajstić information content (AvgIpc) is 2.83. The molecule has 0 aliphatic carbocycles. The van der Waals surface area contributed by atoms with Gasteiger partial charge in [0.25, 0.3) is 5.91 Å². The van der Waals surface area contributed by atoms with Crippen molar-refractivity contribution in [1.82, 2.24) is 20.0 Å². The van der Waals surface area contributed by atoms with Gasteiger partial charge in [0.05, 0.1) is 0 Å². The number of nitrogens with zero attached hydrogens (tertiary/aromatic N) is 4. The zero-order valence-corrected chi connectivity index (χ0v) is 13.2. The van der Waals surface area contributed by atoms with Crippen molar-refractivity contribution in [2.45, 2.75) is 13.8 Å². The molecule has 0 atom stereocenters. The Morgan fingerprint density at radius 2 is 2.00 bits per heavy atom. The summed E-state index contributed by atoms with van der Waals surface area (Å²) in [6.07, 6.45) is 0. The summed E-state index contributed by atoms with van der Waals surface area (Å²) in [6.45, 7) is 5.09. The number of hydrogen-bond acceptors (Lipinski definition) is 7. The Kier molecular flexibility index (Phi) is 5.05. The zero-order chi connectivity index (χ0) is 16.1. The lowest BCUT2D eigenvalue weighted by atomic mass is 10.3. The predicted octanol–water partition coefficient (Wildman–Crippen LogP) is 1.31. The van der Waals surface area contributed by atoms with Crippen LogP contribution in [0, 0.1) is 13.8 Å². The fourth-order valence-corrected chi connectivity index (χ4v) is 1.79. The molecule has 2 rings (SSSR count). The van der Waals surface area contributed by atoms with Crippen LogP contribution in [0.1, 0.15) is 22.1 Å². The third-order valence-electron chi connectivity index (χ3n) is 2.81. The van der Waals surface area contributed by atoms with Crippen LogP contribution in [0.3, 0.4) is 0 Å². The molecule has 0 fully saturated rings. The third-order valence-corrected chi connectivity index (χ3v) is 2.81. The van der Waals surface area contributed by atoms with Crippen LogP contribution >= 0.6 is 0 Å². The second-order valence-electron chi connectivity index (χ2n) is 5.19. The molecule has 0 aromatic carbocycles. The fraction of sp³-hybridized carbons (Fsp3) is 0.429. The highest BCUT2D eigenvalue weighted by Crippen LogP contribution is 2.11. The van der Waals surface area contributed by atoms with Gasteiger partial charge in [-0.3, -0.25) is 4.79 Å². The number of amides is 1. The molecule has 0 aliphatic heterocycles. The van der Waals surface area contributed by atoms with E-state index in [4.69, 9.17) is 4.52 Å². The summed E-state index contributed by atoms with van der Waals surface area (Å²) >= 11 is 0. The van der Waals surface area contributed by atoms with E-state index in [1.54, 1.807) is 26.0 Å². The topological polar surface area (TPSA) is 96.2 Å². The van der Waals surface area contributed by atoms with E-state index < -0.39 is 0 Å². The molecular weight excluding hydrogens is 284 g/mol. The SMILES string of the molecule is Cc1nc(NCCN(C)C)cc(C(=O)Nc2cc(C)on2)n1. The van der Waals surface area contributed by atoms with Crippen LogP contribution in [-0.4, -0.2) is 53.1 Å². The van der Waals surface area contributed by atoms with E-state index in [-0.39, 0.29) is 11.6 Å². The van der Waals surface area contributed by atoms with Crippen LogP contribution in [0.25, 0.3) is 0 Å². The number of rotatable bonds is 6. The van der Waals surface area contributed by atoms with Gasteiger partial charge in [-0.2, -0.15) is 0 Å². The van der Waals surface area contributed by atoms with Gasteiger partial charge in [-0.05, 0) is 27.9 Å². The van der Waals surface area contributed by atoms with Crippen molar-refractivity contribution in [3.8, 4) is 0 Å². The summed E-state index contributed by atoms with van der Waals surface area (Å²) in [5.41, 5.74) is 0.278. The first-order chi connectivity index (χ1) is 10.4. The molecule has 2 aromatic heterocycles. The molecule has 2 N–H and O–H groups in total. The van der Waals surface area contributed by atoms with E-state index >= 15 is 0 Å². The highest BCUT2D eigenvalue weighted by molar-refractivity contribution is 6.02. The van der Waals surface area contributed by atoms with E-state index in [0.717, 1.165) is 13.1 Å². The number of nitrogens with one attached hydrogen (secondary N) is 2. The van der Waals surface area contributed by atoms with Crippen LogP contribution in [0.4, 0.5) is 11.6 Å². The van der Waals surface area contributed by atoms with Crippen molar-refractivity contribution in [3.63, 3.8) is 0 Å². The van der Waals surface area contributed by atoms with Crippen molar-refractivity contribution < 1.29 is 9.32 Å². The molecule has 0 saturated heterocycles. The normalized spacial score (nSPS) is 10.8. The Balaban J connectivity index is 2.06. The number of carbonyl (C=O) groups excluding carboxylic acids is 1. The molecule has 1 amide bonds. The maximum absolute atomic E-state index is 12.2. The summed E-state index contributed by atoms with van der Waals surface area (Å²) in [4.78, 5) is 22.7. The lowest BCUT2D eigenvalue weighted by Crippen LogP contribution is -2.22. The summed E-state index contributed by atoms with van der Waals surface area (Å²) < 4.78 is 4.91. The largest absolute Gasteiger partial charge is 0.369 e. The Morgan fingerprint density at radius 1 is 1.23 bits per heavy atom. The number of anilines is 2. The lowest BCUT2D eigenvalue weighted by molar-refractivity contribution is 0.102. The monoisotopic (exact) mass is 304 g/mol. The molecular formula is C14H20N6O2. The lowest BCUT2D eigenvalue weighted by Gasteiger charge is -2.11. The molecule has 0 aliphatic rings. The first kappa shape index (κ1) is 15.9. The number of aryl methyl sites for hydroxylation is 2. The quantitative estimate of drug-likeness (QED) is 0.830. The number of likely N-dealkylation sites (N-methyl/N-ethyl adjacent to an activating group) is 1. The van der Waals surface area contributed by atoms with E-state index in [9.17, 15) is 4.79 Å². The van der Waals surface area contributed by atoms with Gasteiger partial charge in [-0.25, -0.2) is 9.97 Å². The predicted molar refractivity (Wildman–Crippen MR) is 83.0 cm³/mol. The van der Waals surface area contributed by atoms with E-state index in [2.05, 4.69) is 30.7 Å². The minimum absolute atomic E-state index is 0.278. The van der Waals surface area contributed by atoms with Crippen molar-refractivity contribution in [2.24, 2.45) is 0 Å². The first-order valence-electron chi connectivity index (χ1n) is 6.93. The maximum atomic E-state index is 12.2. The van der Waals surface area contributed by atoms with E-state index in [1.807, 2.05) is 14.1 Å². The molecule has 22 heavy (non-hydrogen) atoms. The summed E-state index contributed by atoms with van der Waals surface area (Å²) in [5, 5.41) is 9.53. The van der Waals surface area contributed by atoms with Gasteiger partial charge in [0.2, 0.25) is 0 Å². The van der Waals surface area contributed by atoms with Crippen LogP contribution < -0.4 is 10.6 Å². The molecule has 2 heterocycles. The Bertz CT molecular complexity index is 653. The molecule has 0 bridgehead atoms. The molecule has 0 saturated carbocycles. The Hall–Kier alpha value is -2.48. The van der Waals surface area contributed by atoms with Crippen LogP contribution in [0.5, 0.6) is 0 Å². The van der Waals surface area contributed by atoms with Gasteiger partial charge in [-0.1, -0.05) is 5.16 Å². The van der Waals surface area contributed by atoms with Gasteiger partial charge >= 0.3 is 0 Å². The number of carbonyl (C=O) groups is 1. The molecule has 118 valence electrons. The summed E-state index contributed by atoms with van der Waals surface area (Å²) in [5.74, 6) is 1.78. The van der Waals surface area contributed by atoms with E-state index in [1.165, 1.54) is 0 Å². The molecule has 0 spiro atoms. The van der Waals surface area contributed by atoms with Crippen LogP contribution in [-0.2, 0) is 0 Å². The first-order valence-corrected chi connectivity index (χ1v) is 6.93. The van der Waals surface area contributed by atoms with Gasteiger partial charge < -0.3 is 20.1 Å². The molecule has 8 nitrogen and oxygen atoms in total. The third kappa shape index (κ3) is 4.52. The second kappa shape index (κ2) is 6.99. The molecule has 0 unspecified atom stereocenters. The fourth-order valence-electron chi connectivity index (χ4n) is 1.79. The molecule has 0 radical (unpaired) electrons. The highest BCUT2D eigenvalue weighted by atomic mass is 16.5. The number of hydrogen-bond donors (Lipinski definition) is 2. The van der Waals surface area contributed by atoms with Crippen molar-refractivity contribution >= 4 is 17.5 Å². The van der Waals surface area contributed by atoms with E-state index in [0.29, 0.717) is 23.2 Å². The Morgan fingerprint density at radius 3 is 2.64 bits per heavy atom. The zero-order valence-electron chi connectivity index (χ0n) is 13.2. The van der Waals surface area contributed by atoms with Gasteiger partial charge in [0, 0.05) is 25.2 Å². The van der Waals surface area contributed by atoms with Gasteiger partial charge in [0.15, 0.2) is 5.82 Å². The molecule has 8 heteroatoms. The smallest absolute Gasteiger partial charge is 0.275 e. The average molecular weight is 304 g/mol. The summed E-state index contributed by atoms with van der Waals surface area (Å²) in [6, 6.07) is 3.26. The van der Waals surface area contributed by atoms with Crippen molar-refractivity contribution in [1.29, 1.82) is 0 Å². The van der Waals surface area contributed by atoms with Crippen LogP contribution in [0.15, 0.2) is 16.7 Å². The second-order valence-corrected chi connectivity index (χ2v) is 5.19. The van der Waals surface area contributed by atoms with Crippen LogP contribution in [0.2, 0.25) is 0 Å². The summed E-state index contributed by atoms with van der Waals surface area (Å²) in [7, 11) is 3.98. The number of aromatic nitrogens is 3. The highest BCUT2D eigenvalue weighted by Gasteiger charge is 2.12. The standard InChI is InChI=1S/C14H20N6O2/c1-9-7-13(19-22-9)18-14(21)11-8-12(17-10(2)16-11)15-5-6-20(3)4/h7-8H,5-6H2,1-4H3,(H,15,16,17)(H,18,19,21). The van der Waals surface area contributed by atoms with Gasteiger partial charge in [-0.15, -0.1) is 0 Å².